The number of anilines is 1. The minimum absolute atomic E-state index is 0.0733. The van der Waals surface area contributed by atoms with E-state index in [1.165, 1.54) is 25.5 Å². The highest BCUT2D eigenvalue weighted by Gasteiger charge is 2.27. The number of nitrogens with one attached hydrogen (secondary N) is 1. The summed E-state index contributed by atoms with van der Waals surface area (Å²) in [5.41, 5.74) is 3.37. The van der Waals surface area contributed by atoms with Gasteiger partial charge in [-0.3, -0.25) is 9.10 Å². The molecule has 172 valence electrons. The fourth-order valence-electron chi connectivity index (χ4n) is 3.02. The maximum Gasteiger partial charge on any atom is 0.264 e. The summed E-state index contributed by atoms with van der Waals surface area (Å²) < 4.78 is 38.3. The van der Waals surface area contributed by atoms with Crippen molar-refractivity contribution in [3.8, 4) is 11.5 Å². The first-order chi connectivity index (χ1) is 16.0. The van der Waals surface area contributed by atoms with Gasteiger partial charge in [-0.05, 0) is 55.5 Å². The van der Waals surface area contributed by atoms with Crippen LogP contribution in [-0.2, 0) is 14.8 Å². The van der Waals surface area contributed by atoms with Crippen molar-refractivity contribution in [2.45, 2.75) is 11.8 Å². The Labute approximate surface area is 193 Å². The number of para-hydroxylation sites is 1. The maximum absolute atomic E-state index is 13.3. The molecule has 0 spiro atoms. The van der Waals surface area contributed by atoms with Crippen LogP contribution >= 0.6 is 0 Å². The largest absolute Gasteiger partial charge is 0.496 e. The van der Waals surface area contributed by atoms with Crippen LogP contribution in [0.5, 0.6) is 11.5 Å². The van der Waals surface area contributed by atoms with Crippen molar-refractivity contribution >= 4 is 27.8 Å². The van der Waals surface area contributed by atoms with Gasteiger partial charge in [-0.25, -0.2) is 13.8 Å². The van der Waals surface area contributed by atoms with Crippen LogP contribution in [0, 0.1) is 0 Å². The minimum Gasteiger partial charge on any atom is -0.496 e. The first kappa shape index (κ1) is 23.8. The maximum atomic E-state index is 13.3. The molecule has 1 N–H and O–H groups in total. The summed E-state index contributed by atoms with van der Waals surface area (Å²) in [5.74, 6) is 0.594. The van der Waals surface area contributed by atoms with Gasteiger partial charge in [-0.15, -0.1) is 0 Å². The molecule has 33 heavy (non-hydrogen) atoms. The van der Waals surface area contributed by atoms with Crippen molar-refractivity contribution in [3.05, 3.63) is 84.4 Å². The highest BCUT2D eigenvalue weighted by Crippen LogP contribution is 2.25. The van der Waals surface area contributed by atoms with Gasteiger partial charge in [0.2, 0.25) is 0 Å². The van der Waals surface area contributed by atoms with E-state index in [1.807, 2.05) is 19.1 Å². The monoisotopic (exact) mass is 467 g/mol. The van der Waals surface area contributed by atoms with E-state index in [9.17, 15) is 13.2 Å². The van der Waals surface area contributed by atoms with E-state index in [-0.39, 0.29) is 4.90 Å². The van der Waals surface area contributed by atoms with Crippen molar-refractivity contribution in [3.63, 3.8) is 0 Å². The molecule has 3 aromatic rings. The van der Waals surface area contributed by atoms with Gasteiger partial charge >= 0.3 is 0 Å². The molecule has 8 nitrogen and oxygen atoms in total. The standard InChI is InChI=1S/C24H25N3O5S/c1-3-32-21-15-13-20(14-16-21)27(33(29,30)22-10-5-4-6-11-22)18-24(28)26-25-17-19-9-7-8-12-23(19)31-2/h4-17H,3,18H2,1-2H3,(H,26,28)/b25-17-. The highest BCUT2D eigenvalue weighted by molar-refractivity contribution is 7.92. The van der Waals surface area contributed by atoms with Crippen LogP contribution in [0.3, 0.4) is 0 Å². The predicted molar refractivity (Wildman–Crippen MR) is 127 cm³/mol. The lowest BCUT2D eigenvalue weighted by atomic mass is 10.2. The van der Waals surface area contributed by atoms with Gasteiger partial charge in [0.15, 0.2) is 0 Å². The summed E-state index contributed by atoms with van der Waals surface area (Å²) in [6.45, 7) is 1.88. The first-order valence-electron chi connectivity index (χ1n) is 10.2. The molecule has 0 unspecified atom stereocenters. The van der Waals surface area contributed by atoms with E-state index in [4.69, 9.17) is 9.47 Å². The number of hydrogen-bond acceptors (Lipinski definition) is 6. The Kier molecular flexibility index (Phi) is 8.04. The zero-order chi connectivity index (χ0) is 23.7. The van der Waals surface area contributed by atoms with Crippen LogP contribution < -0.4 is 19.2 Å². The summed E-state index contributed by atoms with van der Waals surface area (Å²) in [4.78, 5) is 12.7. The molecule has 3 rings (SSSR count). The van der Waals surface area contributed by atoms with Crippen molar-refractivity contribution in [1.82, 2.24) is 5.43 Å². The summed E-state index contributed by atoms with van der Waals surface area (Å²) in [6.07, 6.45) is 1.43. The van der Waals surface area contributed by atoms with E-state index in [0.717, 1.165) is 4.31 Å². The number of nitrogens with zero attached hydrogens (tertiary/aromatic N) is 2. The number of carbonyl (C=O) groups excluding carboxylic acids is 1. The van der Waals surface area contributed by atoms with E-state index in [0.29, 0.717) is 29.4 Å². The number of amides is 1. The van der Waals surface area contributed by atoms with Gasteiger partial charge in [-0.1, -0.05) is 30.3 Å². The molecular weight excluding hydrogens is 442 g/mol. The zero-order valence-electron chi connectivity index (χ0n) is 18.3. The molecule has 0 aliphatic carbocycles. The highest BCUT2D eigenvalue weighted by atomic mass is 32.2. The quantitative estimate of drug-likeness (QED) is 0.364. The van der Waals surface area contributed by atoms with Crippen LogP contribution in [0.1, 0.15) is 12.5 Å². The van der Waals surface area contributed by atoms with Crippen LogP contribution in [-0.4, -0.2) is 40.8 Å². The molecule has 0 aromatic heterocycles. The third kappa shape index (κ3) is 6.11. The molecule has 0 radical (unpaired) electrons. The second-order valence-corrected chi connectivity index (χ2v) is 8.65. The third-order valence-electron chi connectivity index (χ3n) is 4.59. The second kappa shape index (κ2) is 11.1. The molecule has 3 aromatic carbocycles. The van der Waals surface area contributed by atoms with Crippen molar-refractivity contribution in [2.24, 2.45) is 5.10 Å². The Morgan fingerprint density at radius 3 is 2.33 bits per heavy atom. The summed E-state index contributed by atoms with van der Waals surface area (Å²) in [6, 6.07) is 21.6. The number of benzene rings is 3. The number of sulfonamides is 1. The second-order valence-electron chi connectivity index (χ2n) is 6.79. The number of methoxy groups -OCH3 is 1. The van der Waals surface area contributed by atoms with Crippen LogP contribution in [0.4, 0.5) is 5.69 Å². The van der Waals surface area contributed by atoms with E-state index in [1.54, 1.807) is 54.6 Å². The number of ether oxygens (including phenoxy) is 2. The molecule has 9 heteroatoms. The average molecular weight is 468 g/mol. The SMILES string of the molecule is CCOc1ccc(N(CC(=O)N/N=C\c2ccccc2OC)S(=O)(=O)c2ccccc2)cc1. The third-order valence-corrected chi connectivity index (χ3v) is 6.37. The zero-order valence-corrected chi connectivity index (χ0v) is 19.2. The van der Waals surface area contributed by atoms with Gasteiger partial charge in [-0.2, -0.15) is 5.10 Å². The minimum atomic E-state index is -4.00. The number of rotatable bonds is 10. The number of carbonyl (C=O) groups is 1. The fraction of sp³-hybridized carbons (Fsp3) is 0.167. The Bertz CT molecular complexity index is 1200. The summed E-state index contributed by atoms with van der Waals surface area (Å²) >= 11 is 0. The van der Waals surface area contributed by atoms with Crippen molar-refractivity contribution < 1.29 is 22.7 Å². The molecule has 0 fully saturated rings. The molecular formula is C24H25N3O5S. The molecule has 0 heterocycles. The van der Waals surface area contributed by atoms with Gasteiger partial charge < -0.3 is 9.47 Å². The van der Waals surface area contributed by atoms with Crippen LogP contribution in [0.15, 0.2) is 88.9 Å². The van der Waals surface area contributed by atoms with Crippen molar-refractivity contribution in [2.75, 3.05) is 24.6 Å². The van der Waals surface area contributed by atoms with Gasteiger partial charge in [0, 0.05) is 5.56 Å². The molecule has 0 bridgehead atoms. The normalized spacial score (nSPS) is 11.2. The van der Waals surface area contributed by atoms with E-state index >= 15 is 0 Å². The number of hydrogen-bond donors (Lipinski definition) is 1. The Balaban J connectivity index is 1.83. The predicted octanol–water partition coefficient (Wildman–Crippen LogP) is 3.44. The molecule has 0 aliphatic heterocycles. The molecule has 1 amide bonds. The van der Waals surface area contributed by atoms with Gasteiger partial charge in [0.05, 0.1) is 30.5 Å². The first-order valence-corrected chi connectivity index (χ1v) is 11.6. The average Bonchev–Trinajstić information content (AvgIpc) is 2.84. The smallest absolute Gasteiger partial charge is 0.264 e. The summed E-state index contributed by atoms with van der Waals surface area (Å²) in [5, 5.41) is 3.94. The number of hydrazone groups is 1. The van der Waals surface area contributed by atoms with Crippen LogP contribution in [0.25, 0.3) is 0 Å². The summed E-state index contributed by atoms with van der Waals surface area (Å²) in [7, 11) is -2.47. The fourth-order valence-corrected chi connectivity index (χ4v) is 4.46. The lowest BCUT2D eigenvalue weighted by Gasteiger charge is -2.24. The molecule has 0 saturated carbocycles. The topological polar surface area (TPSA) is 97.3 Å². The van der Waals surface area contributed by atoms with E-state index in [2.05, 4.69) is 10.5 Å². The van der Waals surface area contributed by atoms with Gasteiger partial charge in [0.25, 0.3) is 15.9 Å². The lowest BCUT2D eigenvalue weighted by Crippen LogP contribution is -2.39. The molecule has 0 aliphatic rings. The molecule has 0 atom stereocenters. The lowest BCUT2D eigenvalue weighted by molar-refractivity contribution is -0.119. The Morgan fingerprint density at radius 1 is 1.00 bits per heavy atom. The van der Waals surface area contributed by atoms with Crippen LogP contribution in [0.2, 0.25) is 0 Å². The Morgan fingerprint density at radius 2 is 1.67 bits per heavy atom. The Hall–Kier alpha value is -3.85. The van der Waals surface area contributed by atoms with E-state index < -0.39 is 22.5 Å². The van der Waals surface area contributed by atoms with Gasteiger partial charge in [0.1, 0.15) is 18.0 Å². The van der Waals surface area contributed by atoms with Crippen molar-refractivity contribution in [1.29, 1.82) is 0 Å². The molecule has 0 saturated heterocycles.